The molecular weight excluding hydrogens is 352 g/mol. The molecule has 2 heterocycles. The molecule has 0 radical (unpaired) electrons. The normalized spacial score (nSPS) is 27.5. The van der Waals surface area contributed by atoms with E-state index < -0.39 is 0 Å². The number of nitrogens with one attached hydrogen (secondary N) is 1. The molecule has 1 N–H and O–H groups in total. The van der Waals surface area contributed by atoms with Gasteiger partial charge >= 0.3 is 0 Å². The van der Waals surface area contributed by atoms with Crippen LogP contribution in [0.2, 0.25) is 5.15 Å². The summed E-state index contributed by atoms with van der Waals surface area (Å²) in [6.07, 6.45) is 11.8. The molecule has 1 unspecified atom stereocenters. The summed E-state index contributed by atoms with van der Waals surface area (Å²) in [7, 11) is 1.76. The maximum absolute atomic E-state index is 13.1. The highest BCUT2D eigenvalue weighted by Gasteiger charge is 2.31. The zero-order valence-corrected chi connectivity index (χ0v) is 16.2. The molecule has 1 aromatic heterocycles. The number of carbonyl (C=O) groups is 1. The minimum Gasteiger partial charge on any atom is -0.381 e. The van der Waals surface area contributed by atoms with Gasteiger partial charge in [0.15, 0.2) is 0 Å². The molecule has 2 fully saturated rings. The second kappa shape index (κ2) is 9.51. The Kier molecular flexibility index (Phi) is 7.08. The fraction of sp³-hybridized carbons (Fsp3) is 0.737. The van der Waals surface area contributed by atoms with E-state index in [0.29, 0.717) is 23.0 Å². The van der Waals surface area contributed by atoms with Crippen LogP contribution in [0.3, 0.4) is 0 Å². The maximum Gasteiger partial charge on any atom is 0.225 e. The van der Waals surface area contributed by atoms with Crippen molar-refractivity contribution >= 4 is 23.3 Å². The standard InChI is InChI=1S/C19H29ClN4O2/c1-26-16-8-6-14(7-9-16)19(25)24-10-4-2-3-5-15(13-24)22-18-12-21-11-17(20)23-18/h11-12,14-16H,2-10,13H2,1H3,(H,22,23). The second-order valence-electron chi connectivity index (χ2n) is 7.41. The molecule has 1 aliphatic carbocycles. The summed E-state index contributed by atoms with van der Waals surface area (Å²) in [5, 5.41) is 3.80. The predicted molar refractivity (Wildman–Crippen MR) is 102 cm³/mol. The lowest BCUT2D eigenvalue weighted by atomic mass is 9.86. The molecule has 1 amide bonds. The van der Waals surface area contributed by atoms with Crippen molar-refractivity contribution in [3.05, 3.63) is 17.5 Å². The van der Waals surface area contributed by atoms with Gasteiger partial charge in [-0.1, -0.05) is 24.4 Å². The van der Waals surface area contributed by atoms with Crippen LogP contribution in [0, 0.1) is 5.92 Å². The molecule has 1 saturated heterocycles. The minimum absolute atomic E-state index is 0.146. The molecule has 6 nitrogen and oxygen atoms in total. The van der Waals surface area contributed by atoms with Crippen molar-refractivity contribution in [2.24, 2.45) is 5.92 Å². The average Bonchev–Trinajstić information content (AvgIpc) is 2.63. The van der Waals surface area contributed by atoms with E-state index in [1.807, 2.05) is 0 Å². The van der Waals surface area contributed by atoms with Crippen LogP contribution in [0.25, 0.3) is 0 Å². The number of aromatic nitrogens is 2. The van der Waals surface area contributed by atoms with Crippen molar-refractivity contribution in [1.29, 1.82) is 0 Å². The van der Waals surface area contributed by atoms with Crippen molar-refractivity contribution in [2.45, 2.75) is 63.5 Å². The Balaban J connectivity index is 1.61. The Morgan fingerprint density at radius 2 is 2.00 bits per heavy atom. The molecule has 0 aromatic carbocycles. The molecule has 3 rings (SSSR count). The van der Waals surface area contributed by atoms with Gasteiger partial charge in [0.05, 0.1) is 18.5 Å². The summed E-state index contributed by atoms with van der Waals surface area (Å²) < 4.78 is 5.44. The van der Waals surface area contributed by atoms with Crippen LogP contribution in [0.5, 0.6) is 0 Å². The zero-order chi connectivity index (χ0) is 18.4. The fourth-order valence-electron chi connectivity index (χ4n) is 4.06. The third kappa shape index (κ3) is 5.30. The van der Waals surface area contributed by atoms with Crippen molar-refractivity contribution in [2.75, 3.05) is 25.5 Å². The first-order valence-electron chi connectivity index (χ1n) is 9.71. The lowest BCUT2D eigenvalue weighted by Crippen LogP contribution is -2.45. The Hall–Kier alpha value is -1.40. The van der Waals surface area contributed by atoms with Gasteiger partial charge in [-0.05, 0) is 38.5 Å². The van der Waals surface area contributed by atoms with Crippen molar-refractivity contribution in [3.8, 4) is 0 Å². The number of amides is 1. The van der Waals surface area contributed by atoms with Crippen LogP contribution in [0.4, 0.5) is 5.82 Å². The molecular formula is C19H29ClN4O2. The minimum atomic E-state index is 0.146. The van der Waals surface area contributed by atoms with Crippen LogP contribution in [-0.4, -0.2) is 53.1 Å². The number of nitrogens with zero attached hydrogens (tertiary/aromatic N) is 3. The van der Waals surface area contributed by atoms with Crippen LogP contribution >= 0.6 is 11.6 Å². The smallest absolute Gasteiger partial charge is 0.225 e. The maximum atomic E-state index is 13.1. The molecule has 1 aliphatic heterocycles. The van der Waals surface area contributed by atoms with Crippen molar-refractivity contribution < 1.29 is 9.53 Å². The van der Waals surface area contributed by atoms with E-state index in [0.717, 1.165) is 64.5 Å². The van der Waals surface area contributed by atoms with E-state index in [2.05, 4.69) is 20.2 Å². The summed E-state index contributed by atoms with van der Waals surface area (Å²) in [5.41, 5.74) is 0. The summed E-state index contributed by atoms with van der Waals surface area (Å²) in [5.74, 6) is 1.13. The largest absolute Gasteiger partial charge is 0.381 e. The number of hydrogen-bond acceptors (Lipinski definition) is 5. The van der Waals surface area contributed by atoms with Gasteiger partial charge < -0.3 is 15.0 Å². The lowest BCUT2D eigenvalue weighted by molar-refractivity contribution is -0.137. The van der Waals surface area contributed by atoms with Gasteiger partial charge in [-0.3, -0.25) is 9.78 Å². The van der Waals surface area contributed by atoms with Crippen molar-refractivity contribution in [3.63, 3.8) is 0 Å². The van der Waals surface area contributed by atoms with Gasteiger partial charge in [-0.15, -0.1) is 0 Å². The fourth-order valence-corrected chi connectivity index (χ4v) is 4.21. The number of carbonyl (C=O) groups excluding carboxylic acids is 1. The molecule has 2 aliphatic rings. The third-order valence-corrected chi connectivity index (χ3v) is 5.73. The van der Waals surface area contributed by atoms with Crippen LogP contribution in [0.1, 0.15) is 51.4 Å². The van der Waals surface area contributed by atoms with Crippen molar-refractivity contribution in [1.82, 2.24) is 14.9 Å². The summed E-state index contributed by atoms with van der Waals surface area (Å²) >= 11 is 5.94. The van der Waals surface area contributed by atoms with Crippen LogP contribution in [-0.2, 0) is 9.53 Å². The third-order valence-electron chi connectivity index (χ3n) is 5.55. The molecule has 7 heteroatoms. The number of rotatable bonds is 4. The first-order valence-corrected chi connectivity index (χ1v) is 10.1. The Morgan fingerprint density at radius 3 is 2.73 bits per heavy atom. The van der Waals surface area contributed by atoms with Gasteiger partial charge in [0.2, 0.25) is 5.91 Å². The molecule has 26 heavy (non-hydrogen) atoms. The van der Waals surface area contributed by atoms with Gasteiger partial charge in [0.25, 0.3) is 0 Å². The molecule has 1 atom stereocenters. The highest BCUT2D eigenvalue weighted by atomic mass is 35.5. The van der Waals surface area contributed by atoms with Gasteiger partial charge in [-0.25, -0.2) is 4.98 Å². The summed E-state index contributed by atoms with van der Waals surface area (Å²) in [6, 6.07) is 0.183. The van der Waals surface area contributed by atoms with Crippen LogP contribution < -0.4 is 5.32 Å². The Bertz CT molecular complexity index is 593. The molecule has 1 aromatic rings. The van der Waals surface area contributed by atoms with E-state index in [4.69, 9.17) is 16.3 Å². The average molecular weight is 381 g/mol. The van der Waals surface area contributed by atoms with E-state index in [1.165, 1.54) is 6.20 Å². The molecule has 0 bridgehead atoms. The number of halogens is 1. The first kappa shape index (κ1) is 19.4. The van der Waals surface area contributed by atoms with E-state index >= 15 is 0 Å². The van der Waals surface area contributed by atoms with E-state index in [-0.39, 0.29) is 12.0 Å². The predicted octanol–water partition coefficient (Wildman–Crippen LogP) is 3.52. The van der Waals surface area contributed by atoms with Gasteiger partial charge in [0, 0.05) is 32.2 Å². The first-order chi connectivity index (χ1) is 12.7. The summed E-state index contributed by atoms with van der Waals surface area (Å²) in [6.45, 7) is 1.57. The number of likely N-dealkylation sites (tertiary alicyclic amines) is 1. The quantitative estimate of drug-likeness (QED) is 0.865. The molecule has 0 spiro atoms. The highest BCUT2D eigenvalue weighted by molar-refractivity contribution is 6.29. The summed E-state index contributed by atoms with van der Waals surface area (Å²) in [4.78, 5) is 23.5. The van der Waals surface area contributed by atoms with Crippen LogP contribution in [0.15, 0.2) is 12.4 Å². The number of hydrogen-bond donors (Lipinski definition) is 1. The molecule has 144 valence electrons. The highest BCUT2D eigenvalue weighted by Crippen LogP contribution is 2.28. The van der Waals surface area contributed by atoms with Gasteiger partial charge in [-0.2, -0.15) is 0 Å². The molecule has 1 saturated carbocycles. The zero-order valence-electron chi connectivity index (χ0n) is 15.5. The Morgan fingerprint density at radius 1 is 1.19 bits per heavy atom. The Labute approximate surface area is 160 Å². The topological polar surface area (TPSA) is 67.3 Å². The number of methoxy groups -OCH3 is 1. The monoisotopic (exact) mass is 380 g/mol. The number of anilines is 1. The second-order valence-corrected chi connectivity index (χ2v) is 7.80. The van der Waals surface area contributed by atoms with E-state index in [1.54, 1.807) is 13.3 Å². The SMILES string of the molecule is COC1CCC(C(=O)N2CCCCCC(Nc3cncc(Cl)n3)C2)CC1. The van der Waals surface area contributed by atoms with E-state index in [9.17, 15) is 4.79 Å². The lowest BCUT2D eigenvalue weighted by Gasteiger charge is -2.35. The number of ether oxygens (including phenoxy) is 1. The van der Waals surface area contributed by atoms with Gasteiger partial charge in [0.1, 0.15) is 11.0 Å².